The van der Waals surface area contributed by atoms with Crippen LogP contribution in [-0.4, -0.2) is 44.8 Å². The monoisotopic (exact) mass is 543 g/mol. The molecule has 0 aliphatic heterocycles. The number of ether oxygens (including phenoxy) is 1. The first-order valence-electron chi connectivity index (χ1n) is 11.8. The van der Waals surface area contributed by atoms with Gasteiger partial charge in [0, 0.05) is 48.0 Å². The summed E-state index contributed by atoms with van der Waals surface area (Å²) in [5.74, 6) is -0.195. The van der Waals surface area contributed by atoms with Gasteiger partial charge in [-0.1, -0.05) is 54.0 Å². The number of nitrogens with one attached hydrogen (secondary N) is 3. The van der Waals surface area contributed by atoms with Gasteiger partial charge in [0.1, 0.15) is 6.10 Å². The maximum absolute atomic E-state index is 12.0. The van der Waals surface area contributed by atoms with Crippen LogP contribution in [0.1, 0.15) is 98.3 Å². The summed E-state index contributed by atoms with van der Waals surface area (Å²) in [5, 5.41) is 19.0. The van der Waals surface area contributed by atoms with E-state index in [1.807, 2.05) is 13.8 Å². The molecule has 0 saturated heterocycles. The quantitative estimate of drug-likeness (QED) is 0.153. The van der Waals surface area contributed by atoms with Crippen LogP contribution in [0.5, 0.6) is 0 Å². The van der Waals surface area contributed by atoms with Gasteiger partial charge in [-0.2, -0.15) is 13.5 Å². The first-order valence-corrected chi connectivity index (χ1v) is 11.8. The maximum Gasteiger partial charge on any atom is 0.407 e. The molecular weight excluding hydrogens is 495 g/mol. The number of benzene rings is 1. The summed E-state index contributed by atoms with van der Waals surface area (Å²) in [6.07, 6.45) is 2.42. The Labute approximate surface area is 232 Å². The third-order valence-electron chi connectivity index (χ3n) is 4.16. The summed E-state index contributed by atoms with van der Waals surface area (Å²) >= 11 is 0. The molecule has 1 aromatic carbocycles. The zero-order valence-corrected chi connectivity index (χ0v) is 23.7. The Kier molecular flexibility index (Phi) is 33.3. The van der Waals surface area contributed by atoms with Gasteiger partial charge in [-0.05, 0) is 31.4 Å². The van der Waals surface area contributed by atoms with E-state index in [-0.39, 0.29) is 58.9 Å². The van der Waals surface area contributed by atoms with Gasteiger partial charge in [0.05, 0.1) is 10.5 Å². The summed E-state index contributed by atoms with van der Waals surface area (Å²) in [6, 6.07) is 4.45. The highest BCUT2D eigenvalue weighted by Gasteiger charge is 2.22. The van der Waals surface area contributed by atoms with Crippen LogP contribution in [0.15, 0.2) is 18.2 Å². The van der Waals surface area contributed by atoms with Crippen molar-refractivity contribution in [2.24, 2.45) is 0 Å². The summed E-state index contributed by atoms with van der Waals surface area (Å²) < 4.78 is 5.09. The molecule has 3 N–H and O–H groups in total. The minimum Gasteiger partial charge on any atom is -0.441 e. The highest BCUT2D eigenvalue weighted by atomic mass is 32.1. The molecule has 0 fully saturated rings. The third-order valence-corrected chi connectivity index (χ3v) is 4.16. The fraction of sp³-hybridized carbons (Fsp3) is 0.640. The molecule has 0 aliphatic carbocycles. The van der Waals surface area contributed by atoms with Crippen molar-refractivity contribution in [1.82, 2.24) is 16.0 Å². The van der Waals surface area contributed by atoms with E-state index in [2.05, 4.69) is 29.8 Å². The Morgan fingerprint density at radius 2 is 1.65 bits per heavy atom. The number of hydrogen-bond donors (Lipinski definition) is 3. The van der Waals surface area contributed by atoms with Crippen molar-refractivity contribution >= 4 is 45.5 Å². The molecule has 0 saturated carbocycles. The molecule has 3 amide bonds. The van der Waals surface area contributed by atoms with Crippen LogP contribution in [0.4, 0.5) is 10.5 Å². The fourth-order valence-corrected chi connectivity index (χ4v) is 2.63. The van der Waals surface area contributed by atoms with Crippen molar-refractivity contribution in [2.75, 3.05) is 13.6 Å². The minimum absolute atomic E-state index is 0. The smallest absolute Gasteiger partial charge is 0.407 e. The SMILES string of the molecule is C.CC.CCC.CNC(=O)OC(C)c1cc(CNC(=O)CCCCCNC(C)=O)ccc1[N+](=O)[O-].S.[B]. The Morgan fingerprint density at radius 3 is 2.14 bits per heavy atom. The number of alkyl carbamates (subject to hydrolysis) is 1. The highest BCUT2D eigenvalue weighted by molar-refractivity contribution is 7.59. The van der Waals surface area contributed by atoms with Gasteiger partial charge in [-0.25, -0.2) is 4.79 Å². The maximum atomic E-state index is 12.0. The first kappa shape index (κ1) is 44.3. The molecule has 37 heavy (non-hydrogen) atoms. The van der Waals surface area contributed by atoms with Gasteiger partial charge in [-0.3, -0.25) is 19.7 Å². The summed E-state index contributed by atoms with van der Waals surface area (Å²) in [7, 11) is 1.40. The average molecular weight is 544 g/mol. The van der Waals surface area contributed by atoms with Gasteiger partial charge in [-0.15, -0.1) is 0 Å². The number of unbranched alkanes of at least 4 members (excludes halogenated alkanes) is 2. The first-order chi connectivity index (χ1) is 16.2. The average Bonchev–Trinajstić information content (AvgIpc) is 2.81. The molecule has 0 heterocycles. The van der Waals surface area contributed by atoms with Gasteiger partial charge in [0.15, 0.2) is 0 Å². The van der Waals surface area contributed by atoms with E-state index in [4.69, 9.17) is 4.74 Å². The van der Waals surface area contributed by atoms with Crippen molar-refractivity contribution < 1.29 is 24.0 Å². The number of amides is 3. The van der Waals surface area contributed by atoms with E-state index >= 15 is 0 Å². The summed E-state index contributed by atoms with van der Waals surface area (Å²) in [4.78, 5) is 44.8. The van der Waals surface area contributed by atoms with Crippen LogP contribution in [0.3, 0.4) is 0 Å². The molecular formula is C25H48BN4O6S. The molecule has 0 bridgehead atoms. The second-order valence-electron chi connectivity index (χ2n) is 7.23. The molecule has 0 aromatic heterocycles. The van der Waals surface area contributed by atoms with E-state index in [1.165, 1.54) is 26.5 Å². The lowest BCUT2D eigenvalue weighted by Crippen LogP contribution is -2.23. The van der Waals surface area contributed by atoms with Gasteiger partial charge in [0.25, 0.3) is 5.69 Å². The van der Waals surface area contributed by atoms with Crippen molar-refractivity contribution in [1.29, 1.82) is 0 Å². The summed E-state index contributed by atoms with van der Waals surface area (Å²) in [6.45, 7) is 12.1. The predicted molar refractivity (Wildman–Crippen MR) is 156 cm³/mol. The molecule has 3 radical (unpaired) electrons. The zero-order chi connectivity index (χ0) is 26.5. The number of rotatable bonds is 11. The molecule has 10 nitrogen and oxygen atoms in total. The molecule has 0 spiro atoms. The van der Waals surface area contributed by atoms with Crippen LogP contribution in [-0.2, 0) is 20.9 Å². The van der Waals surface area contributed by atoms with E-state index in [9.17, 15) is 24.5 Å². The van der Waals surface area contributed by atoms with Gasteiger partial charge in [0.2, 0.25) is 11.8 Å². The zero-order valence-electron chi connectivity index (χ0n) is 22.7. The van der Waals surface area contributed by atoms with E-state index in [0.717, 1.165) is 12.8 Å². The van der Waals surface area contributed by atoms with Gasteiger partial charge >= 0.3 is 6.09 Å². The standard InChI is InChI=1S/C19H28N4O6.C3H8.C2H6.CH4.B.H2S/c1-13(29-19(26)20-3)16-11-15(8-9-17(16)23(27)28)12-22-18(25)7-5-4-6-10-21-14(2)24;1-3-2;1-2;;;/h8-9,11,13H,4-7,10,12H2,1-3H3,(H,20,26)(H,21,24)(H,22,25);3H2,1-2H3;1-2H3;1H4;;1H2. The fourth-order valence-electron chi connectivity index (χ4n) is 2.63. The third kappa shape index (κ3) is 22.2. The predicted octanol–water partition coefficient (Wildman–Crippen LogP) is 5.14. The number of hydrogen-bond acceptors (Lipinski definition) is 6. The number of nitro benzene ring substituents is 1. The number of carbonyl (C=O) groups excluding carboxylic acids is 3. The summed E-state index contributed by atoms with van der Waals surface area (Å²) in [5.41, 5.74) is 0.760. The molecule has 1 rings (SSSR count). The van der Waals surface area contributed by atoms with Crippen molar-refractivity contribution in [3.63, 3.8) is 0 Å². The van der Waals surface area contributed by atoms with Crippen molar-refractivity contribution in [3.05, 3.63) is 39.4 Å². The topological polar surface area (TPSA) is 140 Å². The van der Waals surface area contributed by atoms with Crippen LogP contribution in [0.25, 0.3) is 0 Å². The largest absolute Gasteiger partial charge is 0.441 e. The molecule has 1 atom stereocenters. The Bertz CT molecular complexity index is 769. The van der Waals surface area contributed by atoms with E-state index < -0.39 is 17.1 Å². The lowest BCUT2D eigenvalue weighted by atomic mass is 10.0. The number of nitro groups is 1. The van der Waals surface area contributed by atoms with Crippen LogP contribution < -0.4 is 16.0 Å². The van der Waals surface area contributed by atoms with Crippen molar-refractivity contribution in [3.8, 4) is 0 Å². The number of carbonyl (C=O) groups is 3. The molecule has 1 aromatic rings. The van der Waals surface area contributed by atoms with Crippen LogP contribution in [0, 0.1) is 10.1 Å². The van der Waals surface area contributed by atoms with Crippen molar-refractivity contribution in [2.45, 2.75) is 93.7 Å². The lowest BCUT2D eigenvalue weighted by molar-refractivity contribution is -0.386. The molecule has 12 heteroatoms. The molecule has 213 valence electrons. The normalized spacial score (nSPS) is 9.49. The van der Waals surface area contributed by atoms with E-state index in [1.54, 1.807) is 19.1 Å². The van der Waals surface area contributed by atoms with E-state index in [0.29, 0.717) is 24.9 Å². The number of nitrogens with zero attached hydrogens (tertiary/aromatic N) is 1. The van der Waals surface area contributed by atoms with Crippen LogP contribution >= 0.6 is 13.5 Å². The Morgan fingerprint density at radius 1 is 1.08 bits per heavy atom. The lowest BCUT2D eigenvalue weighted by Gasteiger charge is -2.15. The Balaban J connectivity index is -0.000000396. The Hall–Kier alpha value is -2.76. The minimum atomic E-state index is -0.824. The highest BCUT2D eigenvalue weighted by Crippen LogP contribution is 2.28. The van der Waals surface area contributed by atoms with Crippen LogP contribution in [0.2, 0.25) is 0 Å². The molecule has 1 unspecified atom stereocenters. The van der Waals surface area contributed by atoms with Gasteiger partial charge < -0.3 is 20.7 Å². The second-order valence-corrected chi connectivity index (χ2v) is 7.23. The molecule has 0 aliphatic rings. The second kappa shape index (κ2) is 27.8.